The maximum atomic E-state index is 12.5. The molecule has 2 saturated heterocycles. The predicted molar refractivity (Wildman–Crippen MR) is 92.3 cm³/mol. The summed E-state index contributed by atoms with van der Waals surface area (Å²) >= 11 is 0. The molecule has 0 aromatic rings. The smallest absolute Gasteiger partial charge is 0.335 e. The third-order valence-corrected chi connectivity index (χ3v) is 8.24. The first-order valence-electron chi connectivity index (χ1n) is 9.53. The van der Waals surface area contributed by atoms with E-state index in [9.17, 15) is 30.0 Å². The van der Waals surface area contributed by atoms with Crippen molar-refractivity contribution in [2.24, 2.45) is 28.6 Å². The molecule has 5 rings (SSSR count). The molecule has 0 radical (unpaired) electrons. The van der Waals surface area contributed by atoms with Gasteiger partial charge in [0.25, 0.3) is 0 Å². The van der Waals surface area contributed by atoms with E-state index in [1.165, 1.54) is 6.08 Å². The number of aliphatic hydroxyl groups excluding tert-OH is 3. The molecule has 10 atom stereocenters. The molecule has 1 spiro atoms. The third kappa shape index (κ3) is 1.68. The second-order valence-corrected chi connectivity index (χ2v) is 9.26. The van der Waals surface area contributed by atoms with E-state index in [0.717, 1.165) is 0 Å². The molecule has 4 N–H and O–H groups in total. The largest absolute Gasteiger partial charge is 0.460 e. The number of allylic oxidation sites excluding steroid dienone is 1. The zero-order valence-electron chi connectivity index (χ0n) is 15.7. The van der Waals surface area contributed by atoms with Crippen LogP contribution < -0.4 is 0 Å². The van der Waals surface area contributed by atoms with Crippen LogP contribution in [0.5, 0.6) is 0 Å². The van der Waals surface area contributed by atoms with E-state index in [2.05, 4.69) is 6.58 Å². The molecule has 8 nitrogen and oxygen atoms in total. The molecule has 2 bridgehead atoms. The van der Waals surface area contributed by atoms with Gasteiger partial charge in [0.05, 0.1) is 6.61 Å². The van der Waals surface area contributed by atoms with E-state index in [-0.39, 0.29) is 18.1 Å². The number of carbonyl (C=O) groups excluding carboxylic acids is 2. The van der Waals surface area contributed by atoms with Gasteiger partial charge >= 0.3 is 5.97 Å². The minimum Gasteiger partial charge on any atom is -0.460 e. The van der Waals surface area contributed by atoms with Crippen LogP contribution in [0.2, 0.25) is 0 Å². The molecule has 0 aromatic carbocycles. The lowest BCUT2D eigenvalue weighted by Gasteiger charge is -2.67. The number of aliphatic hydroxyl groups is 4. The highest BCUT2D eigenvalue weighted by molar-refractivity contribution is 5.96. The quantitative estimate of drug-likeness (QED) is 0.307. The number of fused-ring (bicyclic) bond motifs is 1. The number of esters is 1. The summed E-state index contributed by atoms with van der Waals surface area (Å²) in [6, 6.07) is 0. The average molecular weight is 392 g/mol. The van der Waals surface area contributed by atoms with Crippen molar-refractivity contribution in [3.05, 3.63) is 23.8 Å². The van der Waals surface area contributed by atoms with E-state index in [4.69, 9.17) is 9.47 Å². The zero-order valence-corrected chi connectivity index (χ0v) is 15.7. The van der Waals surface area contributed by atoms with Gasteiger partial charge in [0, 0.05) is 22.7 Å². The van der Waals surface area contributed by atoms with Crippen molar-refractivity contribution in [1.29, 1.82) is 0 Å². The number of rotatable bonds is 0. The van der Waals surface area contributed by atoms with Crippen LogP contribution in [0, 0.1) is 28.6 Å². The lowest BCUT2D eigenvalue weighted by atomic mass is 9.38. The molecule has 4 fully saturated rings. The Kier molecular flexibility index (Phi) is 3.37. The molecule has 8 heteroatoms. The second-order valence-electron chi connectivity index (χ2n) is 9.26. The number of ether oxygens (including phenoxy) is 2. The molecule has 5 aliphatic rings. The Balaban J connectivity index is 1.81. The highest BCUT2D eigenvalue weighted by Gasteiger charge is 2.82. The molecule has 28 heavy (non-hydrogen) atoms. The zero-order chi connectivity index (χ0) is 20.4. The van der Waals surface area contributed by atoms with Crippen molar-refractivity contribution in [1.82, 2.24) is 0 Å². The van der Waals surface area contributed by atoms with Crippen LogP contribution in [0.1, 0.15) is 20.3 Å². The number of ketones is 1. The third-order valence-electron chi connectivity index (χ3n) is 8.24. The minimum absolute atomic E-state index is 0.0874. The Morgan fingerprint density at radius 3 is 2.57 bits per heavy atom. The number of hydrogen-bond donors (Lipinski definition) is 4. The standard InChI is InChI=1S/C20H24O8/c1-7-4-10(21)15(24)18(3)9(7)5-11-19-6-27-20(26,17(18)19)14(23)8(2)12(19)13(22)16(25)28-11/h4,9,11-15,17,22-24,26H,2,5-6H2,1,3H3. The Labute approximate surface area is 161 Å². The van der Waals surface area contributed by atoms with Crippen molar-refractivity contribution in [3.63, 3.8) is 0 Å². The Morgan fingerprint density at radius 2 is 1.89 bits per heavy atom. The Hall–Kier alpha value is -1.58. The first-order chi connectivity index (χ1) is 13.0. The van der Waals surface area contributed by atoms with E-state index in [1.807, 2.05) is 0 Å². The highest BCUT2D eigenvalue weighted by Crippen LogP contribution is 2.73. The van der Waals surface area contributed by atoms with Crippen LogP contribution in [0.15, 0.2) is 23.8 Å². The van der Waals surface area contributed by atoms with Crippen LogP contribution in [0.3, 0.4) is 0 Å². The van der Waals surface area contributed by atoms with Crippen molar-refractivity contribution >= 4 is 11.8 Å². The van der Waals surface area contributed by atoms with Crippen LogP contribution >= 0.6 is 0 Å². The van der Waals surface area contributed by atoms with Crippen LogP contribution in [-0.2, 0) is 19.1 Å². The summed E-state index contributed by atoms with van der Waals surface area (Å²) in [5.74, 6) is -5.62. The van der Waals surface area contributed by atoms with Gasteiger partial charge < -0.3 is 29.9 Å². The maximum absolute atomic E-state index is 12.5. The van der Waals surface area contributed by atoms with Gasteiger partial charge in [0.2, 0.25) is 0 Å². The van der Waals surface area contributed by atoms with Gasteiger partial charge in [-0.2, -0.15) is 0 Å². The van der Waals surface area contributed by atoms with Crippen LogP contribution in [0.25, 0.3) is 0 Å². The second kappa shape index (κ2) is 5.12. The lowest BCUT2D eigenvalue weighted by Crippen LogP contribution is -2.76. The van der Waals surface area contributed by atoms with Gasteiger partial charge in [0.1, 0.15) is 18.3 Å². The van der Waals surface area contributed by atoms with Crippen molar-refractivity contribution in [2.75, 3.05) is 6.61 Å². The van der Waals surface area contributed by atoms with Gasteiger partial charge in [-0.05, 0) is 30.9 Å². The van der Waals surface area contributed by atoms with Gasteiger partial charge in [-0.25, -0.2) is 4.79 Å². The van der Waals surface area contributed by atoms with E-state index in [1.54, 1.807) is 13.8 Å². The maximum Gasteiger partial charge on any atom is 0.335 e. The summed E-state index contributed by atoms with van der Waals surface area (Å²) < 4.78 is 11.3. The molecule has 2 heterocycles. The molecule has 152 valence electrons. The van der Waals surface area contributed by atoms with E-state index >= 15 is 0 Å². The molecular weight excluding hydrogens is 368 g/mol. The van der Waals surface area contributed by atoms with Gasteiger partial charge in [0.15, 0.2) is 17.7 Å². The molecule has 2 aliphatic heterocycles. The van der Waals surface area contributed by atoms with Crippen molar-refractivity contribution in [3.8, 4) is 0 Å². The first-order valence-corrected chi connectivity index (χ1v) is 9.53. The number of hydrogen-bond acceptors (Lipinski definition) is 8. The summed E-state index contributed by atoms with van der Waals surface area (Å²) in [6.45, 7) is 7.24. The van der Waals surface area contributed by atoms with Crippen molar-refractivity contribution in [2.45, 2.75) is 50.5 Å². The minimum atomic E-state index is -2.11. The molecule has 2 saturated carbocycles. The van der Waals surface area contributed by atoms with E-state index < -0.39 is 64.6 Å². The summed E-state index contributed by atoms with van der Waals surface area (Å²) in [6.07, 6.45) is -3.58. The van der Waals surface area contributed by atoms with Gasteiger partial charge in [-0.3, -0.25) is 4.79 Å². The fraction of sp³-hybridized carbons (Fsp3) is 0.700. The molecule has 0 amide bonds. The average Bonchev–Trinajstić information content (AvgIpc) is 2.92. The molecule has 3 aliphatic carbocycles. The summed E-state index contributed by atoms with van der Waals surface area (Å²) in [4.78, 5) is 24.9. The van der Waals surface area contributed by atoms with Crippen molar-refractivity contribution < 1.29 is 39.5 Å². The molecule has 10 unspecified atom stereocenters. The lowest BCUT2D eigenvalue weighted by molar-refractivity contribution is -0.311. The van der Waals surface area contributed by atoms with Crippen LogP contribution in [-0.4, -0.2) is 69.0 Å². The summed E-state index contributed by atoms with van der Waals surface area (Å²) in [7, 11) is 0. The Bertz CT molecular complexity index is 849. The van der Waals surface area contributed by atoms with Gasteiger partial charge in [-0.1, -0.05) is 19.1 Å². The van der Waals surface area contributed by atoms with Gasteiger partial charge in [-0.15, -0.1) is 0 Å². The monoisotopic (exact) mass is 392 g/mol. The highest BCUT2D eigenvalue weighted by atomic mass is 16.6. The topological polar surface area (TPSA) is 134 Å². The Morgan fingerprint density at radius 1 is 1.21 bits per heavy atom. The fourth-order valence-electron chi connectivity index (χ4n) is 7.21. The van der Waals surface area contributed by atoms with Crippen LogP contribution in [0.4, 0.5) is 0 Å². The predicted octanol–water partition coefficient (Wildman–Crippen LogP) is -0.943. The first kappa shape index (κ1) is 18.4. The fourth-order valence-corrected chi connectivity index (χ4v) is 7.21. The SMILES string of the molecule is C=C1C(O)C2(O)OCC34C(CC5C(C)=CC(=O)C(O)C5(C)C23)OC(=O)C(O)C14. The number of carbonyl (C=O) groups is 2. The summed E-state index contributed by atoms with van der Waals surface area (Å²) in [5.41, 5.74) is -1.45. The molecule has 0 aromatic heterocycles. The van der Waals surface area contributed by atoms with E-state index in [0.29, 0.717) is 12.0 Å². The normalized spacial score (nSPS) is 57.3. The molecular formula is C20H24O8. The summed E-state index contributed by atoms with van der Waals surface area (Å²) in [5, 5.41) is 43.9.